The van der Waals surface area contributed by atoms with Crippen LogP contribution in [0.15, 0.2) is 0 Å². The second-order valence-electron chi connectivity index (χ2n) is 2.90. The Balaban J connectivity index is 4.40. The molecule has 10 heavy (non-hydrogen) atoms. The van der Waals surface area contributed by atoms with Crippen molar-refractivity contribution < 1.29 is 13.2 Å². The van der Waals surface area contributed by atoms with Crippen LogP contribution in [-0.2, 0) is 0 Å². The van der Waals surface area contributed by atoms with E-state index < -0.39 is 16.8 Å². The third-order valence-corrected chi connectivity index (χ3v) is 2.42. The molecule has 0 heterocycles. The summed E-state index contributed by atoms with van der Waals surface area (Å²) in [6.07, 6.45) is -4.16. The second-order valence-corrected chi connectivity index (χ2v) is 3.67. The molecule has 0 nitrogen and oxygen atoms in total. The molecule has 0 aliphatic heterocycles. The maximum atomic E-state index is 12.0. The monoisotopic (exact) mass is 172 g/mol. The molecule has 0 rings (SSSR count). The summed E-state index contributed by atoms with van der Waals surface area (Å²) < 4.78 is 36.1. The van der Waals surface area contributed by atoms with Gasteiger partial charge in [0.25, 0.3) is 0 Å². The molecular formula is C6H11F3S. The Labute approximate surface area is 64.2 Å². The van der Waals surface area contributed by atoms with Crippen LogP contribution in [0.2, 0.25) is 0 Å². The van der Waals surface area contributed by atoms with E-state index in [4.69, 9.17) is 0 Å². The highest BCUT2D eigenvalue weighted by Crippen LogP contribution is 2.41. The lowest BCUT2D eigenvalue weighted by atomic mass is 9.89. The van der Waals surface area contributed by atoms with Gasteiger partial charge in [-0.25, -0.2) is 0 Å². The van der Waals surface area contributed by atoms with Crippen LogP contribution in [0.5, 0.6) is 0 Å². The zero-order valence-electron chi connectivity index (χ0n) is 6.16. The first-order valence-corrected chi connectivity index (χ1v) is 3.46. The molecule has 1 unspecified atom stereocenters. The van der Waals surface area contributed by atoms with E-state index in [0.29, 0.717) is 0 Å². The summed E-state index contributed by atoms with van der Waals surface area (Å²) in [6, 6.07) is 0. The number of hydrogen-bond acceptors (Lipinski definition) is 1. The third-order valence-electron chi connectivity index (χ3n) is 1.78. The van der Waals surface area contributed by atoms with E-state index in [9.17, 15) is 13.2 Å². The first-order valence-electron chi connectivity index (χ1n) is 2.94. The van der Waals surface area contributed by atoms with Crippen molar-refractivity contribution in [2.75, 3.05) is 0 Å². The molecule has 62 valence electrons. The summed E-state index contributed by atoms with van der Waals surface area (Å²) in [4.78, 5) is 0. The lowest BCUT2D eigenvalue weighted by molar-refractivity contribution is -0.209. The number of hydrogen-bond donors (Lipinski definition) is 1. The van der Waals surface area contributed by atoms with Crippen molar-refractivity contribution in [1.82, 2.24) is 0 Å². The molecule has 0 fully saturated rings. The van der Waals surface area contributed by atoms with Crippen LogP contribution in [0.3, 0.4) is 0 Å². The van der Waals surface area contributed by atoms with Crippen LogP contribution in [0.25, 0.3) is 0 Å². The predicted octanol–water partition coefficient (Wildman–Crippen LogP) is 2.89. The van der Waals surface area contributed by atoms with Crippen molar-refractivity contribution in [1.29, 1.82) is 0 Å². The first kappa shape index (κ1) is 10.1. The van der Waals surface area contributed by atoms with Gasteiger partial charge in [-0.1, -0.05) is 20.8 Å². The summed E-state index contributed by atoms with van der Waals surface area (Å²) >= 11 is 3.75. The van der Waals surface area contributed by atoms with E-state index >= 15 is 0 Å². The van der Waals surface area contributed by atoms with E-state index in [1.165, 1.54) is 6.92 Å². The fourth-order valence-corrected chi connectivity index (χ4v) is 0.383. The fraction of sp³-hybridized carbons (Fsp3) is 1.00. The molecule has 0 saturated heterocycles. The van der Waals surface area contributed by atoms with Crippen LogP contribution < -0.4 is 0 Å². The third kappa shape index (κ3) is 1.81. The molecule has 0 N–H and O–H groups in total. The fourth-order valence-electron chi connectivity index (χ4n) is 0.237. The molecule has 0 bridgehead atoms. The molecule has 0 spiro atoms. The molecule has 0 aliphatic carbocycles. The highest BCUT2D eigenvalue weighted by molar-refractivity contribution is 7.81. The van der Waals surface area contributed by atoms with Gasteiger partial charge in [-0.2, -0.15) is 25.8 Å². The van der Waals surface area contributed by atoms with Crippen molar-refractivity contribution in [3.05, 3.63) is 0 Å². The maximum Gasteiger partial charge on any atom is 0.395 e. The minimum absolute atomic E-state index is 0.674. The zero-order chi connectivity index (χ0) is 8.58. The maximum absolute atomic E-state index is 12.0. The minimum atomic E-state index is -4.16. The van der Waals surface area contributed by atoms with Gasteiger partial charge in [0.2, 0.25) is 0 Å². The predicted molar refractivity (Wildman–Crippen MR) is 38.3 cm³/mol. The molecule has 1 atom stereocenters. The van der Waals surface area contributed by atoms with Crippen molar-refractivity contribution >= 4 is 12.6 Å². The van der Waals surface area contributed by atoms with Gasteiger partial charge >= 0.3 is 6.18 Å². The summed E-state index contributed by atoms with van der Waals surface area (Å²) in [7, 11) is 0. The van der Waals surface area contributed by atoms with Gasteiger partial charge in [-0.05, 0) is 0 Å². The molecule has 0 saturated carbocycles. The van der Waals surface area contributed by atoms with Gasteiger partial charge in [-0.3, -0.25) is 0 Å². The summed E-state index contributed by atoms with van der Waals surface area (Å²) in [5.74, 6) is 0. The largest absolute Gasteiger partial charge is 0.395 e. The average Bonchev–Trinajstić information content (AvgIpc) is 1.62. The normalized spacial score (nSPS) is 17.1. The van der Waals surface area contributed by atoms with Crippen LogP contribution in [-0.4, -0.2) is 11.4 Å². The molecule has 0 aliphatic rings. The Hall–Kier alpha value is 0.140. The Morgan fingerprint density at radius 2 is 1.50 bits per heavy atom. The number of rotatable bonds is 1. The Morgan fingerprint density at radius 1 is 1.20 bits per heavy atom. The van der Waals surface area contributed by atoms with Gasteiger partial charge in [0.1, 0.15) is 0 Å². The molecule has 0 radical (unpaired) electrons. The van der Waals surface area contributed by atoms with Crippen LogP contribution in [0.1, 0.15) is 20.8 Å². The topological polar surface area (TPSA) is 0 Å². The smallest absolute Gasteiger partial charge is 0.175 e. The molecule has 0 amide bonds. The van der Waals surface area contributed by atoms with Crippen molar-refractivity contribution in [2.24, 2.45) is 5.41 Å². The van der Waals surface area contributed by atoms with E-state index in [-0.39, 0.29) is 0 Å². The Morgan fingerprint density at radius 3 is 1.50 bits per heavy atom. The molecule has 4 heteroatoms. The molecule has 0 aromatic rings. The highest BCUT2D eigenvalue weighted by Gasteiger charge is 2.49. The Bertz CT molecular complexity index is 115. The molecule has 0 aromatic carbocycles. The summed E-state index contributed by atoms with van der Waals surface area (Å²) in [6.45, 7) is 3.73. The second kappa shape index (κ2) is 2.64. The van der Waals surface area contributed by atoms with E-state index in [1.807, 2.05) is 0 Å². The van der Waals surface area contributed by atoms with E-state index in [2.05, 4.69) is 12.6 Å². The number of thiol groups is 1. The standard InChI is InChI=1S/C6H11F3S/c1-4(10)5(2,3)6(7,8)9/h4,10H,1-3H3. The first-order chi connectivity index (χ1) is 4.19. The van der Waals surface area contributed by atoms with Crippen LogP contribution >= 0.6 is 12.6 Å². The van der Waals surface area contributed by atoms with E-state index in [1.54, 1.807) is 0 Å². The number of halogens is 3. The number of alkyl halides is 3. The molecular weight excluding hydrogens is 161 g/mol. The molecule has 0 aromatic heterocycles. The van der Waals surface area contributed by atoms with Gasteiger partial charge in [0.15, 0.2) is 0 Å². The zero-order valence-corrected chi connectivity index (χ0v) is 7.05. The summed E-state index contributed by atoms with van der Waals surface area (Å²) in [5.41, 5.74) is -1.70. The van der Waals surface area contributed by atoms with Gasteiger partial charge in [-0.15, -0.1) is 0 Å². The van der Waals surface area contributed by atoms with Crippen LogP contribution in [0, 0.1) is 5.41 Å². The highest BCUT2D eigenvalue weighted by atomic mass is 32.1. The van der Waals surface area contributed by atoms with Crippen LogP contribution in [0.4, 0.5) is 13.2 Å². The van der Waals surface area contributed by atoms with Crippen molar-refractivity contribution in [3.63, 3.8) is 0 Å². The minimum Gasteiger partial charge on any atom is -0.175 e. The quantitative estimate of drug-likeness (QED) is 0.578. The Kier molecular flexibility index (Phi) is 2.68. The van der Waals surface area contributed by atoms with Gasteiger partial charge in [0.05, 0.1) is 5.41 Å². The summed E-state index contributed by atoms with van der Waals surface area (Å²) in [5, 5.41) is -0.674. The lowest BCUT2D eigenvalue weighted by Gasteiger charge is -2.30. The van der Waals surface area contributed by atoms with Gasteiger partial charge in [0, 0.05) is 5.25 Å². The van der Waals surface area contributed by atoms with Crippen molar-refractivity contribution in [2.45, 2.75) is 32.2 Å². The lowest BCUT2D eigenvalue weighted by Crippen LogP contribution is -2.38. The SMILES string of the molecule is CC(S)C(C)(C)C(F)(F)F. The van der Waals surface area contributed by atoms with Gasteiger partial charge < -0.3 is 0 Å². The van der Waals surface area contributed by atoms with Crippen molar-refractivity contribution in [3.8, 4) is 0 Å². The average molecular weight is 172 g/mol. The van der Waals surface area contributed by atoms with E-state index in [0.717, 1.165) is 13.8 Å².